The highest BCUT2D eigenvalue weighted by Crippen LogP contribution is 2.29. The molecule has 0 amide bonds. The van der Waals surface area contributed by atoms with E-state index >= 15 is 0 Å². The third-order valence-electron chi connectivity index (χ3n) is 2.84. The summed E-state index contributed by atoms with van der Waals surface area (Å²) in [6.07, 6.45) is 0. The smallest absolute Gasteiger partial charge is 0.264 e. The SMILES string of the molecule is CC(C)c1nnc(Sc2nc3ccccc3o2)n1C. The number of aromatic nitrogens is 4. The maximum absolute atomic E-state index is 5.67. The number of hydrogen-bond acceptors (Lipinski definition) is 5. The van der Waals surface area contributed by atoms with E-state index < -0.39 is 0 Å². The maximum atomic E-state index is 5.67. The molecule has 1 aromatic carbocycles. The summed E-state index contributed by atoms with van der Waals surface area (Å²) in [6, 6.07) is 7.71. The summed E-state index contributed by atoms with van der Waals surface area (Å²) in [7, 11) is 1.96. The fourth-order valence-electron chi connectivity index (χ4n) is 1.89. The minimum atomic E-state index is 0.343. The van der Waals surface area contributed by atoms with Crippen LogP contribution >= 0.6 is 11.8 Å². The van der Waals surface area contributed by atoms with Crippen molar-refractivity contribution in [2.45, 2.75) is 30.1 Å². The maximum Gasteiger partial charge on any atom is 0.264 e. The Labute approximate surface area is 115 Å². The zero-order valence-corrected chi connectivity index (χ0v) is 11.8. The molecule has 0 spiro atoms. The number of oxazole rings is 1. The van der Waals surface area contributed by atoms with E-state index in [2.05, 4.69) is 29.0 Å². The van der Waals surface area contributed by atoms with Crippen molar-refractivity contribution in [3.05, 3.63) is 30.1 Å². The molecular formula is C13H14N4OS. The van der Waals surface area contributed by atoms with E-state index in [4.69, 9.17) is 4.42 Å². The molecule has 0 unspecified atom stereocenters. The standard InChI is InChI=1S/C13H14N4OS/c1-8(2)11-15-16-12(17(11)3)19-13-14-9-6-4-5-7-10(9)18-13/h4-8H,1-3H3. The van der Waals surface area contributed by atoms with Crippen LogP contribution in [0.4, 0.5) is 0 Å². The van der Waals surface area contributed by atoms with Gasteiger partial charge in [-0.3, -0.25) is 0 Å². The molecule has 19 heavy (non-hydrogen) atoms. The molecular weight excluding hydrogens is 260 g/mol. The molecule has 5 nitrogen and oxygen atoms in total. The van der Waals surface area contributed by atoms with Crippen molar-refractivity contribution in [2.75, 3.05) is 0 Å². The molecule has 0 aliphatic carbocycles. The second-order valence-electron chi connectivity index (χ2n) is 4.60. The lowest BCUT2D eigenvalue weighted by atomic mass is 10.2. The number of rotatable bonds is 3. The fourth-order valence-corrected chi connectivity index (χ4v) is 2.63. The lowest BCUT2D eigenvalue weighted by Crippen LogP contribution is -2.00. The van der Waals surface area contributed by atoms with Gasteiger partial charge in [0.15, 0.2) is 10.7 Å². The Morgan fingerprint density at radius 3 is 2.68 bits per heavy atom. The van der Waals surface area contributed by atoms with Gasteiger partial charge in [-0.2, -0.15) is 0 Å². The van der Waals surface area contributed by atoms with E-state index in [9.17, 15) is 0 Å². The van der Waals surface area contributed by atoms with Gasteiger partial charge in [0.25, 0.3) is 5.22 Å². The molecule has 0 aliphatic heterocycles. The van der Waals surface area contributed by atoms with E-state index in [1.54, 1.807) is 0 Å². The average Bonchev–Trinajstić information content (AvgIpc) is 2.94. The number of benzene rings is 1. The molecule has 0 N–H and O–H groups in total. The molecule has 0 saturated carbocycles. The lowest BCUT2D eigenvalue weighted by Gasteiger charge is -2.04. The van der Waals surface area contributed by atoms with Crippen LogP contribution in [-0.2, 0) is 7.05 Å². The number of nitrogens with zero attached hydrogens (tertiary/aromatic N) is 4. The second-order valence-corrected chi connectivity index (χ2v) is 5.52. The van der Waals surface area contributed by atoms with Crippen LogP contribution in [0.2, 0.25) is 0 Å². The van der Waals surface area contributed by atoms with Crippen molar-refractivity contribution in [3.8, 4) is 0 Å². The van der Waals surface area contributed by atoms with Crippen molar-refractivity contribution in [1.82, 2.24) is 19.7 Å². The minimum Gasteiger partial charge on any atom is -0.431 e. The van der Waals surface area contributed by atoms with Gasteiger partial charge in [0.05, 0.1) is 0 Å². The molecule has 3 rings (SSSR count). The zero-order chi connectivity index (χ0) is 13.4. The van der Waals surface area contributed by atoms with Crippen LogP contribution in [0.5, 0.6) is 0 Å². The topological polar surface area (TPSA) is 56.7 Å². The number of fused-ring (bicyclic) bond motifs is 1. The monoisotopic (exact) mass is 274 g/mol. The highest BCUT2D eigenvalue weighted by Gasteiger charge is 2.15. The van der Waals surface area contributed by atoms with Crippen molar-refractivity contribution in [1.29, 1.82) is 0 Å². The Bertz CT molecular complexity index is 683. The quantitative estimate of drug-likeness (QED) is 0.734. The Kier molecular flexibility index (Phi) is 3.02. The molecule has 6 heteroatoms. The van der Waals surface area contributed by atoms with Crippen molar-refractivity contribution < 1.29 is 4.42 Å². The van der Waals surface area contributed by atoms with Gasteiger partial charge >= 0.3 is 0 Å². The van der Waals surface area contributed by atoms with Gasteiger partial charge in [0.1, 0.15) is 11.3 Å². The molecule has 0 atom stereocenters. The summed E-state index contributed by atoms with van der Waals surface area (Å²) in [5.41, 5.74) is 1.65. The second kappa shape index (κ2) is 4.70. The predicted octanol–water partition coefficient (Wildman–Crippen LogP) is 3.23. The summed E-state index contributed by atoms with van der Waals surface area (Å²) < 4.78 is 7.64. The lowest BCUT2D eigenvalue weighted by molar-refractivity contribution is 0.488. The fraction of sp³-hybridized carbons (Fsp3) is 0.308. The van der Waals surface area contributed by atoms with Gasteiger partial charge in [0, 0.05) is 24.7 Å². The third kappa shape index (κ3) is 2.23. The van der Waals surface area contributed by atoms with Crippen molar-refractivity contribution in [3.63, 3.8) is 0 Å². The molecule has 0 bridgehead atoms. The Balaban J connectivity index is 1.92. The Morgan fingerprint density at radius 2 is 2.00 bits per heavy atom. The van der Waals surface area contributed by atoms with Crippen molar-refractivity contribution in [2.24, 2.45) is 7.05 Å². The molecule has 3 aromatic rings. The van der Waals surface area contributed by atoms with Crippen LogP contribution < -0.4 is 0 Å². The van der Waals surface area contributed by atoms with Crippen LogP contribution in [0, 0.1) is 0 Å². The first kappa shape index (κ1) is 12.2. The summed E-state index contributed by atoms with van der Waals surface area (Å²) in [6.45, 7) is 4.19. The third-order valence-corrected chi connectivity index (χ3v) is 3.73. The Hall–Kier alpha value is -1.82. The molecule has 2 heterocycles. The average molecular weight is 274 g/mol. The molecule has 98 valence electrons. The van der Waals surface area contributed by atoms with Crippen LogP contribution in [-0.4, -0.2) is 19.7 Å². The predicted molar refractivity (Wildman–Crippen MR) is 73.2 cm³/mol. The Morgan fingerprint density at radius 1 is 1.21 bits per heavy atom. The molecule has 0 saturated heterocycles. The van der Waals surface area contributed by atoms with E-state index in [0.29, 0.717) is 11.1 Å². The highest BCUT2D eigenvalue weighted by atomic mass is 32.2. The van der Waals surface area contributed by atoms with E-state index in [-0.39, 0.29) is 0 Å². The normalized spacial score (nSPS) is 11.6. The van der Waals surface area contributed by atoms with Crippen molar-refractivity contribution >= 4 is 22.9 Å². The number of hydrogen-bond donors (Lipinski definition) is 0. The summed E-state index contributed by atoms with van der Waals surface area (Å²) >= 11 is 1.39. The van der Waals surface area contributed by atoms with E-state index in [1.165, 1.54) is 11.8 Å². The van der Waals surface area contributed by atoms with Crippen LogP contribution in [0.3, 0.4) is 0 Å². The first-order chi connectivity index (χ1) is 9.15. The van der Waals surface area contributed by atoms with Gasteiger partial charge in [-0.25, -0.2) is 4.98 Å². The summed E-state index contributed by atoms with van der Waals surface area (Å²) in [5, 5.41) is 9.74. The van der Waals surface area contributed by atoms with Gasteiger partial charge in [-0.1, -0.05) is 26.0 Å². The zero-order valence-electron chi connectivity index (χ0n) is 11.0. The minimum absolute atomic E-state index is 0.343. The highest BCUT2D eigenvalue weighted by molar-refractivity contribution is 7.99. The summed E-state index contributed by atoms with van der Waals surface area (Å²) in [5.74, 6) is 1.30. The van der Waals surface area contributed by atoms with Gasteiger partial charge in [0.2, 0.25) is 0 Å². The summed E-state index contributed by atoms with van der Waals surface area (Å²) in [4.78, 5) is 4.42. The van der Waals surface area contributed by atoms with Gasteiger partial charge in [-0.05, 0) is 12.1 Å². The largest absolute Gasteiger partial charge is 0.431 e. The molecule has 0 fully saturated rings. The van der Waals surface area contributed by atoms with Crippen LogP contribution in [0.1, 0.15) is 25.6 Å². The van der Waals surface area contributed by atoms with Crippen LogP contribution in [0.25, 0.3) is 11.1 Å². The molecule has 0 radical (unpaired) electrons. The molecule has 0 aliphatic rings. The first-order valence-electron chi connectivity index (χ1n) is 6.08. The number of para-hydroxylation sites is 2. The van der Waals surface area contributed by atoms with Crippen LogP contribution in [0.15, 0.2) is 39.1 Å². The van der Waals surface area contributed by atoms with Gasteiger partial charge in [-0.15, -0.1) is 10.2 Å². The molecule has 2 aromatic heterocycles. The first-order valence-corrected chi connectivity index (χ1v) is 6.89. The van der Waals surface area contributed by atoms with E-state index in [0.717, 1.165) is 22.1 Å². The van der Waals surface area contributed by atoms with E-state index in [1.807, 2.05) is 35.9 Å². The van der Waals surface area contributed by atoms with Gasteiger partial charge < -0.3 is 8.98 Å².